The van der Waals surface area contributed by atoms with Crippen molar-refractivity contribution in [1.29, 1.82) is 0 Å². The van der Waals surface area contributed by atoms with Gasteiger partial charge in [-0.15, -0.1) is 0 Å². The predicted octanol–water partition coefficient (Wildman–Crippen LogP) is 2.59. The first kappa shape index (κ1) is 15.3. The molecule has 2 aliphatic heterocycles. The van der Waals surface area contributed by atoms with Gasteiger partial charge in [0.25, 0.3) is 0 Å². The number of fused-ring (bicyclic) bond motifs is 1. The first-order valence-electron chi connectivity index (χ1n) is 7.64. The van der Waals surface area contributed by atoms with E-state index in [1.165, 1.54) is 6.42 Å². The predicted molar refractivity (Wildman–Crippen MR) is 87.5 cm³/mol. The van der Waals surface area contributed by atoms with E-state index in [1.54, 1.807) is 0 Å². The normalized spacial score (nSPS) is 20.5. The maximum atomic E-state index is 12.3. The van der Waals surface area contributed by atoms with Gasteiger partial charge in [0.1, 0.15) is 11.4 Å². The first-order chi connectivity index (χ1) is 10.8. The molecule has 0 bridgehead atoms. The molecular weight excluding hydrogens is 300 g/mol. The van der Waals surface area contributed by atoms with Crippen molar-refractivity contribution in [2.45, 2.75) is 31.7 Å². The van der Waals surface area contributed by atoms with Gasteiger partial charge in [0, 0.05) is 12.6 Å². The molecule has 1 atom stereocenters. The molecule has 1 amide bonds. The van der Waals surface area contributed by atoms with Crippen LogP contribution < -0.4 is 5.32 Å². The lowest BCUT2D eigenvalue weighted by atomic mass is 9.99. The molecule has 0 spiro atoms. The Kier molecular flexibility index (Phi) is 4.97. The van der Waals surface area contributed by atoms with Crippen molar-refractivity contribution in [3.05, 3.63) is 18.2 Å². The number of benzene rings is 1. The number of carbonyl (C=O) groups is 1. The zero-order chi connectivity index (χ0) is 15.4. The lowest BCUT2D eigenvalue weighted by molar-refractivity contribution is -0.118. The molecule has 1 aromatic rings. The molecule has 0 aliphatic carbocycles. The summed E-state index contributed by atoms with van der Waals surface area (Å²) in [4.78, 5) is 14.5. The van der Waals surface area contributed by atoms with Crippen molar-refractivity contribution in [3.8, 4) is 0 Å². The number of amides is 1. The smallest absolute Gasteiger partial charge is 0.238 e. The van der Waals surface area contributed by atoms with Gasteiger partial charge in [-0.2, -0.15) is 8.73 Å². The summed E-state index contributed by atoms with van der Waals surface area (Å²) in [5, 5.41) is 12.1. The summed E-state index contributed by atoms with van der Waals surface area (Å²) in [7, 11) is 0. The van der Waals surface area contributed by atoms with E-state index in [9.17, 15) is 4.79 Å². The summed E-state index contributed by atoms with van der Waals surface area (Å²) in [6.07, 6.45) is 4.08. The number of anilines is 1. The zero-order valence-corrected chi connectivity index (χ0v) is 13.2. The third-order valence-electron chi connectivity index (χ3n) is 4.12. The Morgan fingerprint density at radius 1 is 1.41 bits per heavy atom. The molecule has 0 aromatic heterocycles. The second kappa shape index (κ2) is 7.13. The standard InChI is InChI=1S/C15H20N4O2S/c20-9-7-11-4-1-2-8-19(11)10-14(21)16-12-5-3-6-13-15(12)18-22-17-13/h3,5-6,11,20H,1-2,4,7-10H2,(H,16,21). The number of carbonyl (C=O) groups excluding carboxylic acids is 1. The molecular formula is C15H20N4O2S. The van der Waals surface area contributed by atoms with Crippen molar-refractivity contribution < 1.29 is 9.90 Å². The number of aliphatic hydroxyl groups is 1. The second-order valence-electron chi connectivity index (χ2n) is 5.62. The van der Waals surface area contributed by atoms with Crippen LogP contribution >= 0.6 is 0 Å². The monoisotopic (exact) mass is 320 g/mol. The van der Waals surface area contributed by atoms with E-state index in [1.807, 2.05) is 18.2 Å². The molecule has 1 unspecified atom stereocenters. The van der Waals surface area contributed by atoms with Crippen molar-refractivity contribution in [2.75, 3.05) is 25.0 Å². The average Bonchev–Trinajstić information content (AvgIpc) is 2.99. The molecule has 1 fully saturated rings. The van der Waals surface area contributed by atoms with Crippen molar-refractivity contribution >= 4 is 34.3 Å². The fourth-order valence-corrected chi connectivity index (χ4v) is 3.57. The van der Waals surface area contributed by atoms with Crippen LogP contribution in [0.4, 0.5) is 17.1 Å². The van der Waals surface area contributed by atoms with Crippen LogP contribution in [-0.2, 0) is 16.1 Å². The van der Waals surface area contributed by atoms with Crippen LogP contribution in [0.3, 0.4) is 0 Å². The maximum absolute atomic E-state index is 12.3. The Balaban J connectivity index is 1.63. The van der Waals surface area contributed by atoms with Gasteiger partial charge in [0.15, 0.2) is 0 Å². The summed E-state index contributed by atoms with van der Waals surface area (Å²) >= 11 is 1.15. The van der Waals surface area contributed by atoms with Crippen molar-refractivity contribution in [1.82, 2.24) is 4.90 Å². The van der Waals surface area contributed by atoms with Gasteiger partial charge >= 0.3 is 0 Å². The number of rotatable bonds is 5. The number of piperidine rings is 1. The first-order valence-corrected chi connectivity index (χ1v) is 8.37. The SMILES string of the molecule is O=C(CN1CCCCC1CCO)Nc1cccc2c1N=S=N2. The summed E-state index contributed by atoms with van der Waals surface area (Å²) in [6, 6.07) is 5.91. The van der Waals surface area contributed by atoms with Crippen molar-refractivity contribution in [3.63, 3.8) is 0 Å². The highest BCUT2D eigenvalue weighted by molar-refractivity contribution is 7.58. The Morgan fingerprint density at radius 2 is 2.32 bits per heavy atom. The van der Waals surface area contributed by atoms with Gasteiger partial charge < -0.3 is 10.4 Å². The third-order valence-corrected chi connectivity index (χ3v) is 4.66. The topological polar surface area (TPSA) is 77.3 Å². The van der Waals surface area contributed by atoms with E-state index in [-0.39, 0.29) is 12.5 Å². The minimum absolute atomic E-state index is 0.0367. The van der Waals surface area contributed by atoms with E-state index in [0.717, 1.165) is 48.5 Å². The molecule has 2 heterocycles. The fourth-order valence-electron chi connectivity index (χ4n) is 3.03. The van der Waals surface area contributed by atoms with E-state index in [0.29, 0.717) is 18.3 Å². The second-order valence-corrected chi connectivity index (χ2v) is 6.15. The van der Waals surface area contributed by atoms with Gasteiger partial charge in [0.05, 0.1) is 23.6 Å². The van der Waals surface area contributed by atoms with Crippen LogP contribution in [0.2, 0.25) is 0 Å². The molecule has 3 rings (SSSR count). The Morgan fingerprint density at radius 3 is 3.18 bits per heavy atom. The molecule has 118 valence electrons. The summed E-state index contributed by atoms with van der Waals surface area (Å²) in [6.45, 7) is 1.45. The van der Waals surface area contributed by atoms with Crippen LogP contribution in [0, 0.1) is 0 Å². The largest absolute Gasteiger partial charge is 0.396 e. The van der Waals surface area contributed by atoms with Crippen LogP contribution in [-0.4, -0.2) is 41.7 Å². The molecule has 1 saturated heterocycles. The quantitative estimate of drug-likeness (QED) is 0.889. The Bertz CT molecular complexity index is 626. The van der Waals surface area contributed by atoms with Gasteiger partial charge in [-0.05, 0) is 37.9 Å². The summed E-state index contributed by atoms with van der Waals surface area (Å²) < 4.78 is 8.41. The molecule has 22 heavy (non-hydrogen) atoms. The molecule has 2 N–H and O–H groups in total. The lowest BCUT2D eigenvalue weighted by Gasteiger charge is -2.34. The number of nitrogens with zero attached hydrogens (tertiary/aromatic N) is 3. The molecule has 1 aromatic carbocycles. The highest BCUT2D eigenvalue weighted by Crippen LogP contribution is 2.38. The number of aliphatic hydroxyl groups excluding tert-OH is 1. The van der Waals surface area contributed by atoms with Crippen molar-refractivity contribution in [2.24, 2.45) is 8.73 Å². The minimum atomic E-state index is -0.0367. The van der Waals surface area contributed by atoms with Gasteiger partial charge in [-0.25, -0.2) is 0 Å². The number of likely N-dealkylation sites (tertiary alicyclic amines) is 1. The van der Waals surface area contributed by atoms with Crippen LogP contribution in [0.15, 0.2) is 26.9 Å². The number of nitrogens with one attached hydrogen (secondary N) is 1. The van der Waals surface area contributed by atoms with Crippen LogP contribution in [0.25, 0.3) is 0 Å². The van der Waals surface area contributed by atoms with E-state index >= 15 is 0 Å². The molecule has 2 aliphatic rings. The van der Waals surface area contributed by atoms with Crippen LogP contribution in [0.5, 0.6) is 0 Å². The van der Waals surface area contributed by atoms with Gasteiger partial charge in [-0.1, -0.05) is 12.5 Å². The highest BCUT2D eigenvalue weighted by atomic mass is 32.1. The Labute approximate surface area is 133 Å². The third kappa shape index (κ3) is 3.43. The minimum Gasteiger partial charge on any atom is -0.396 e. The molecule has 6 nitrogen and oxygen atoms in total. The van der Waals surface area contributed by atoms with E-state index in [2.05, 4.69) is 18.9 Å². The van der Waals surface area contributed by atoms with Gasteiger partial charge in [0.2, 0.25) is 5.91 Å². The van der Waals surface area contributed by atoms with Crippen LogP contribution in [0.1, 0.15) is 25.7 Å². The Hall–Kier alpha value is -1.57. The maximum Gasteiger partial charge on any atom is 0.238 e. The lowest BCUT2D eigenvalue weighted by Crippen LogP contribution is -2.44. The molecule has 0 radical (unpaired) electrons. The molecule has 0 saturated carbocycles. The summed E-state index contributed by atoms with van der Waals surface area (Å²) in [5.74, 6) is -0.0367. The number of hydrogen-bond donors (Lipinski definition) is 2. The summed E-state index contributed by atoms with van der Waals surface area (Å²) in [5.41, 5.74) is 2.26. The highest BCUT2D eigenvalue weighted by Gasteiger charge is 2.24. The number of hydrogen-bond acceptors (Lipinski definition) is 5. The van der Waals surface area contributed by atoms with Gasteiger partial charge in [-0.3, -0.25) is 9.69 Å². The van der Waals surface area contributed by atoms with E-state index in [4.69, 9.17) is 5.11 Å². The van der Waals surface area contributed by atoms with E-state index < -0.39 is 0 Å². The average molecular weight is 320 g/mol. The zero-order valence-electron chi connectivity index (χ0n) is 12.4. The molecule has 7 heteroatoms. The fraction of sp³-hybridized carbons (Fsp3) is 0.533.